The number of aromatic nitrogens is 1. The van der Waals surface area contributed by atoms with E-state index >= 15 is 0 Å². The topological polar surface area (TPSA) is 54.0 Å². The van der Waals surface area contributed by atoms with Gasteiger partial charge in [0.1, 0.15) is 11.4 Å². The summed E-state index contributed by atoms with van der Waals surface area (Å²) in [5.74, 6) is 6.94. The standard InChI is InChI=1S/C86H65N5/c1-83(2,90(57-44-48-82-70(51-57)68-28-12-20-36-81(68)91(82)87)58-42-46-66-64-26-10-18-34-76(64)86(78(66)52-58)73-31-15-7-23-61(73)62-24-8-16-32-74(62)86)53-37-40-55(41-38-53)89(56-43-47-80-69(50-56)67-27-11-19-35-79(67)88-80)84(3,4)54-39-45-65-63-25-9-17-33-75(63)85(77(65)49-54)71-29-13-5-21-59(71)60-22-6-14-30-72(60)85/h5-42,44-46,48-52,88H,43,47,87H2,1-4H3/p+1. The Morgan fingerprint density at radius 1 is 0.352 bits per heavy atom. The third-order valence-corrected chi connectivity index (χ3v) is 22.0. The van der Waals surface area contributed by atoms with Crippen molar-refractivity contribution in [2.24, 2.45) is 0 Å². The van der Waals surface area contributed by atoms with E-state index in [1.54, 1.807) is 0 Å². The Balaban J connectivity index is 0.787. The molecule has 4 N–H and O–H groups in total. The monoisotopic (exact) mass is 1170 g/mol. The summed E-state index contributed by atoms with van der Waals surface area (Å²) in [6.45, 7) is 9.71. The van der Waals surface area contributed by atoms with Crippen LogP contribution in [0.25, 0.3) is 71.9 Å². The smallest absolute Gasteiger partial charge is 0.142 e. The number of allylic oxidation sites excluding steroid dienone is 4. The molecule has 19 rings (SSSR count). The molecule has 12 aromatic carbocycles. The second-order valence-electron chi connectivity index (χ2n) is 27.0. The number of hydrogen-bond donors (Lipinski definition) is 2. The summed E-state index contributed by atoms with van der Waals surface area (Å²) in [5, 5.41) is 4.67. The lowest BCUT2D eigenvalue weighted by Crippen LogP contribution is -2.74. The third kappa shape index (κ3) is 6.83. The lowest BCUT2D eigenvalue weighted by atomic mass is 9.70. The maximum atomic E-state index is 6.94. The molecular weight excluding hydrogens is 1100 g/mol. The van der Waals surface area contributed by atoms with E-state index in [1.807, 2.05) is 4.68 Å². The number of hydrogen-bond acceptors (Lipinski definition) is 3. The molecule has 1 aromatic heterocycles. The van der Waals surface area contributed by atoms with Crippen LogP contribution in [0, 0.1) is 0 Å². The summed E-state index contributed by atoms with van der Waals surface area (Å²) in [4.78, 5) is 5.28. The first-order chi connectivity index (χ1) is 44.6. The Morgan fingerprint density at radius 2 is 0.758 bits per heavy atom. The quantitative estimate of drug-likeness (QED) is 0.118. The predicted octanol–water partition coefficient (Wildman–Crippen LogP) is 19.3. The Labute approximate surface area is 531 Å². The number of nitrogen functional groups attached to an aromatic ring is 1. The van der Waals surface area contributed by atoms with Crippen LogP contribution in [0.2, 0.25) is 0 Å². The highest BCUT2D eigenvalue weighted by Crippen LogP contribution is 2.65. The lowest BCUT2D eigenvalue weighted by molar-refractivity contribution is -0.515. The molecule has 91 heavy (non-hydrogen) atoms. The van der Waals surface area contributed by atoms with Crippen molar-refractivity contribution in [1.82, 2.24) is 4.68 Å². The molecule has 5 heteroatoms. The number of para-hydroxylation sites is 2. The van der Waals surface area contributed by atoms with E-state index < -0.39 is 21.9 Å². The molecule has 6 aliphatic rings. The average Bonchev–Trinajstić information content (AvgIpc) is 1.52. The summed E-state index contributed by atoms with van der Waals surface area (Å²) in [6.07, 6.45) is 4.40. The van der Waals surface area contributed by atoms with Gasteiger partial charge in [0.2, 0.25) is 0 Å². The van der Waals surface area contributed by atoms with Crippen LogP contribution in [-0.2, 0) is 21.9 Å². The molecule has 0 atom stereocenters. The zero-order chi connectivity index (χ0) is 60.7. The van der Waals surface area contributed by atoms with Gasteiger partial charge in [-0.25, -0.2) is 0 Å². The van der Waals surface area contributed by atoms with Gasteiger partial charge < -0.3 is 15.6 Å². The van der Waals surface area contributed by atoms with Crippen molar-refractivity contribution >= 4 is 50.1 Å². The van der Waals surface area contributed by atoms with Crippen LogP contribution in [0.1, 0.15) is 102 Å². The first-order valence-electron chi connectivity index (χ1n) is 32.3. The summed E-state index contributed by atoms with van der Waals surface area (Å²) in [6, 6.07) is 104. The lowest BCUT2D eigenvalue weighted by Gasteiger charge is -2.44. The summed E-state index contributed by atoms with van der Waals surface area (Å²) < 4.78 is 1.84. The SMILES string of the molecule is CC(C)(c1ccc2c(c1)C1(c3ccccc3-c3ccccc31)c1ccccc1-2)N(C1=CC2=C(CC1)[NH2+]c1ccccc12)c1ccc(C(C)(C)N(c2ccc3c(c2)C2(c4ccccc4-c4ccccc42)c2ccccc2-3)c2ccc3c(c2)c2ccccc2n3N)cc1. The molecule has 5 aliphatic carbocycles. The molecule has 2 spiro atoms. The number of benzene rings is 12. The van der Waals surface area contributed by atoms with Gasteiger partial charge in [0, 0.05) is 57.2 Å². The largest absolute Gasteiger partial charge is 0.339 e. The van der Waals surface area contributed by atoms with Crippen molar-refractivity contribution in [3.8, 4) is 44.5 Å². The molecule has 434 valence electrons. The Hall–Kier alpha value is -10.7. The van der Waals surface area contributed by atoms with Gasteiger partial charge in [-0.1, -0.05) is 212 Å². The molecule has 0 saturated carbocycles. The van der Waals surface area contributed by atoms with Crippen LogP contribution in [0.4, 0.5) is 22.7 Å². The van der Waals surface area contributed by atoms with Crippen molar-refractivity contribution in [1.29, 1.82) is 0 Å². The highest BCUT2D eigenvalue weighted by atomic mass is 15.3. The fourth-order valence-electron chi connectivity index (χ4n) is 18.1. The number of rotatable bonds is 8. The van der Waals surface area contributed by atoms with Crippen molar-refractivity contribution in [2.75, 3.05) is 15.6 Å². The normalized spacial score (nSPS) is 15.4. The van der Waals surface area contributed by atoms with Gasteiger partial charge in [-0.15, -0.1) is 0 Å². The molecule has 1 aliphatic heterocycles. The van der Waals surface area contributed by atoms with E-state index in [2.05, 4.69) is 322 Å². The van der Waals surface area contributed by atoms with Gasteiger partial charge in [-0.05, 0) is 195 Å². The second kappa shape index (κ2) is 18.7. The summed E-state index contributed by atoms with van der Waals surface area (Å²) >= 11 is 0. The van der Waals surface area contributed by atoms with E-state index in [9.17, 15) is 0 Å². The number of nitrogens with two attached hydrogens (primary N) is 2. The molecule has 2 heterocycles. The van der Waals surface area contributed by atoms with Crippen molar-refractivity contribution in [3.05, 3.63) is 352 Å². The molecule has 13 aromatic rings. The fourth-order valence-corrected chi connectivity index (χ4v) is 18.1. The summed E-state index contributed by atoms with van der Waals surface area (Å²) in [5.41, 5.74) is 33.6. The highest BCUT2D eigenvalue weighted by Gasteiger charge is 2.54. The van der Waals surface area contributed by atoms with E-state index in [4.69, 9.17) is 5.84 Å². The minimum absolute atomic E-state index is 0.455. The van der Waals surface area contributed by atoms with Gasteiger partial charge in [-0.2, -0.15) is 0 Å². The van der Waals surface area contributed by atoms with Crippen LogP contribution in [-0.4, -0.2) is 4.68 Å². The third-order valence-electron chi connectivity index (χ3n) is 22.0. The molecule has 0 radical (unpaired) electrons. The first-order valence-corrected chi connectivity index (χ1v) is 32.3. The maximum Gasteiger partial charge on any atom is 0.142 e. The Bertz CT molecular complexity index is 5250. The van der Waals surface area contributed by atoms with E-state index in [1.165, 1.54) is 128 Å². The predicted molar refractivity (Wildman–Crippen MR) is 374 cm³/mol. The number of quaternary nitrogens is 1. The van der Waals surface area contributed by atoms with Gasteiger partial charge in [-0.3, -0.25) is 9.99 Å². The molecule has 0 unspecified atom stereocenters. The minimum Gasteiger partial charge on any atom is -0.339 e. The summed E-state index contributed by atoms with van der Waals surface area (Å²) in [7, 11) is 0. The highest BCUT2D eigenvalue weighted by molar-refractivity contribution is 6.09. The maximum absolute atomic E-state index is 6.94. The molecule has 0 fully saturated rings. The number of nitrogens with zero attached hydrogens (tertiary/aromatic N) is 3. The van der Waals surface area contributed by atoms with E-state index in [0.717, 1.165) is 51.7 Å². The van der Waals surface area contributed by atoms with Gasteiger partial charge >= 0.3 is 0 Å². The zero-order valence-corrected chi connectivity index (χ0v) is 51.5. The molecule has 0 amide bonds. The van der Waals surface area contributed by atoms with E-state index in [-0.39, 0.29) is 0 Å². The van der Waals surface area contributed by atoms with Gasteiger partial charge in [0.15, 0.2) is 0 Å². The molecule has 0 bridgehead atoms. The molecule has 5 nitrogen and oxygen atoms in total. The van der Waals surface area contributed by atoms with Crippen LogP contribution in [0.3, 0.4) is 0 Å². The number of fused-ring (bicyclic) bond motifs is 25. The van der Waals surface area contributed by atoms with Crippen LogP contribution < -0.4 is 21.0 Å². The van der Waals surface area contributed by atoms with Crippen LogP contribution >= 0.6 is 0 Å². The van der Waals surface area contributed by atoms with Crippen LogP contribution in [0.5, 0.6) is 0 Å². The Kier molecular flexibility index (Phi) is 10.7. The van der Waals surface area contributed by atoms with Crippen molar-refractivity contribution < 1.29 is 5.32 Å². The van der Waals surface area contributed by atoms with Crippen LogP contribution in [0.15, 0.2) is 290 Å². The average molecular weight is 1170 g/mol. The molecule has 0 saturated heterocycles. The first kappa shape index (κ1) is 52.2. The zero-order valence-electron chi connectivity index (χ0n) is 51.5. The molecular formula is C86H66N5+. The number of anilines is 3. The van der Waals surface area contributed by atoms with Crippen molar-refractivity contribution in [3.63, 3.8) is 0 Å². The fraction of sp³-hybridized carbons (Fsp3) is 0.116. The van der Waals surface area contributed by atoms with Crippen molar-refractivity contribution in [2.45, 2.75) is 62.4 Å². The van der Waals surface area contributed by atoms with E-state index in [0.29, 0.717) is 0 Å². The van der Waals surface area contributed by atoms with Gasteiger partial charge in [0.25, 0.3) is 0 Å². The minimum atomic E-state index is -0.601. The Morgan fingerprint density at radius 3 is 1.32 bits per heavy atom. The second-order valence-corrected chi connectivity index (χ2v) is 27.0. The van der Waals surface area contributed by atoms with Gasteiger partial charge in [0.05, 0.1) is 32.9 Å².